The molecule has 1 aliphatic carbocycles. The summed E-state index contributed by atoms with van der Waals surface area (Å²) < 4.78 is 7.46. The Morgan fingerprint density at radius 1 is 0.933 bits per heavy atom. The van der Waals surface area contributed by atoms with Gasteiger partial charge in [0.1, 0.15) is 11.9 Å². The first-order valence-electron chi connectivity index (χ1n) is 15.8. The monoisotopic (exact) mass is 604 g/mol. The van der Waals surface area contributed by atoms with Gasteiger partial charge in [0, 0.05) is 61.9 Å². The minimum atomic E-state index is -0.0901. The van der Waals surface area contributed by atoms with Gasteiger partial charge in [-0.15, -0.1) is 0 Å². The lowest BCUT2D eigenvalue weighted by molar-refractivity contribution is 0.0360. The fourth-order valence-electron chi connectivity index (χ4n) is 6.10. The first kappa shape index (κ1) is 30.3. The van der Waals surface area contributed by atoms with E-state index in [-0.39, 0.29) is 18.1 Å². The number of nitrogens with one attached hydrogen (secondary N) is 2. The van der Waals surface area contributed by atoms with Gasteiger partial charge in [-0.05, 0) is 61.1 Å². The topological polar surface area (TPSA) is 111 Å². The van der Waals surface area contributed by atoms with Gasteiger partial charge in [0.25, 0.3) is 0 Å². The first-order valence-corrected chi connectivity index (χ1v) is 15.8. The molecule has 2 N–H and O–H groups in total. The highest BCUT2D eigenvalue weighted by atomic mass is 16.5. The second-order valence-electron chi connectivity index (χ2n) is 11.7. The zero-order valence-electron chi connectivity index (χ0n) is 25.5. The third kappa shape index (κ3) is 8.06. The predicted octanol–water partition coefficient (Wildman–Crippen LogP) is 5.29. The van der Waals surface area contributed by atoms with Crippen LogP contribution in [0.4, 0.5) is 16.3 Å². The van der Waals surface area contributed by atoms with Crippen molar-refractivity contribution < 1.29 is 9.53 Å². The van der Waals surface area contributed by atoms with E-state index in [2.05, 4.69) is 50.0 Å². The van der Waals surface area contributed by atoms with E-state index in [9.17, 15) is 4.79 Å². The van der Waals surface area contributed by atoms with Crippen LogP contribution in [-0.2, 0) is 17.8 Å². The maximum atomic E-state index is 13.7. The number of nitriles is 1. The van der Waals surface area contributed by atoms with Crippen LogP contribution in [-0.4, -0.2) is 70.6 Å². The number of amides is 2. The van der Waals surface area contributed by atoms with Crippen LogP contribution in [0.5, 0.6) is 0 Å². The molecule has 10 nitrogen and oxygen atoms in total. The molecule has 2 aromatic heterocycles. The van der Waals surface area contributed by atoms with Crippen LogP contribution in [0.15, 0.2) is 85.3 Å². The molecule has 45 heavy (non-hydrogen) atoms. The van der Waals surface area contributed by atoms with Crippen molar-refractivity contribution in [2.75, 3.05) is 43.1 Å². The normalized spacial score (nSPS) is 18.6. The molecule has 0 spiro atoms. The van der Waals surface area contributed by atoms with Crippen LogP contribution in [0.1, 0.15) is 36.8 Å². The molecule has 2 aliphatic rings. The smallest absolute Gasteiger partial charge is 0.322 e. The van der Waals surface area contributed by atoms with Gasteiger partial charge in [0.2, 0.25) is 0 Å². The number of hydrogen-bond donors (Lipinski definition) is 2. The van der Waals surface area contributed by atoms with Crippen LogP contribution >= 0.6 is 0 Å². The molecule has 2 aromatic carbocycles. The number of carbonyl (C=O) groups excluding carboxylic acids is 1. The van der Waals surface area contributed by atoms with Crippen molar-refractivity contribution in [1.82, 2.24) is 25.0 Å². The SMILES string of the molecule is N#Cc1ccc(N[C@H]2CC[C@H](N(C(=O)NCc3ccccc3)c3ccc(-c4cnn(CCN5CCOCC5)c4)cc3)CC2)nc1. The number of anilines is 2. The molecule has 4 aromatic rings. The Bertz CT molecular complexity index is 1550. The molecule has 232 valence electrons. The Balaban J connectivity index is 1.12. The molecule has 2 amide bonds. The number of hydrogen-bond acceptors (Lipinski definition) is 7. The van der Waals surface area contributed by atoms with E-state index in [0.717, 1.165) is 93.3 Å². The number of carbonyl (C=O) groups is 1. The second-order valence-corrected chi connectivity index (χ2v) is 11.7. The van der Waals surface area contributed by atoms with Crippen molar-refractivity contribution in [3.8, 4) is 17.2 Å². The Morgan fingerprint density at radius 2 is 1.71 bits per heavy atom. The third-order valence-corrected chi connectivity index (χ3v) is 8.67. The number of pyridine rings is 1. The minimum absolute atomic E-state index is 0.0709. The predicted molar refractivity (Wildman–Crippen MR) is 175 cm³/mol. The van der Waals surface area contributed by atoms with Crippen molar-refractivity contribution >= 4 is 17.5 Å². The molecule has 0 radical (unpaired) electrons. The van der Waals surface area contributed by atoms with Crippen molar-refractivity contribution in [2.45, 2.75) is 50.9 Å². The Morgan fingerprint density at radius 3 is 2.42 bits per heavy atom. The van der Waals surface area contributed by atoms with E-state index < -0.39 is 0 Å². The van der Waals surface area contributed by atoms with Crippen molar-refractivity contribution in [2.24, 2.45) is 0 Å². The molecule has 1 saturated heterocycles. The molecular weight excluding hydrogens is 564 g/mol. The maximum absolute atomic E-state index is 13.7. The zero-order chi connectivity index (χ0) is 30.8. The standard InChI is InChI=1S/C35H40N8O2/c36-22-28-6-15-34(37-24-28)40-31-9-13-33(14-10-31)43(35(44)38-23-27-4-2-1-3-5-27)32-11-7-29(8-12-32)30-25-39-42(26-30)17-16-41-18-20-45-21-19-41/h1-8,11-12,15,24-26,31,33H,9-10,13-14,16-21,23H2,(H,37,40)(H,38,44)/t31-,33-. The third-order valence-electron chi connectivity index (χ3n) is 8.67. The van der Waals surface area contributed by atoms with Crippen LogP contribution in [0, 0.1) is 11.3 Å². The molecule has 1 aliphatic heterocycles. The number of ether oxygens (including phenoxy) is 1. The fraction of sp³-hybridized carbons (Fsp3) is 0.371. The van der Waals surface area contributed by atoms with Crippen molar-refractivity contribution in [1.29, 1.82) is 5.26 Å². The van der Waals surface area contributed by atoms with E-state index in [1.54, 1.807) is 12.3 Å². The van der Waals surface area contributed by atoms with Gasteiger partial charge in [-0.25, -0.2) is 9.78 Å². The van der Waals surface area contributed by atoms with Gasteiger partial charge >= 0.3 is 6.03 Å². The number of nitrogens with zero attached hydrogens (tertiary/aromatic N) is 6. The van der Waals surface area contributed by atoms with Crippen LogP contribution < -0.4 is 15.5 Å². The van der Waals surface area contributed by atoms with E-state index in [0.29, 0.717) is 12.1 Å². The van der Waals surface area contributed by atoms with Gasteiger partial charge in [0.15, 0.2) is 0 Å². The largest absolute Gasteiger partial charge is 0.379 e. The summed E-state index contributed by atoms with van der Waals surface area (Å²) in [5.41, 5.74) is 4.63. The van der Waals surface area contributed by atoms with Gasteiger partial charge in [-0.2, -0.15) is 10.4 Å². The summed E-state index contributed by atoms with van der Waals surface area (Å²) in [4.78, 5) is 22.5. The highest BCUT2D eigenvalue weighted by Crippen LogP contribution is 2.31. The summed E-state index contributed by atoms with van der Waals surface area (Å²) in [6.45, 7) is 5.80. The first-order chi connectivity index (χ1) is 22.1. The van der Waals surface area contributed by atoms with Crippen molar-refractivity contribution in [3.63, 3.8) is 0 Å². The Labute approximate surface area is 264 Å². The minimum Gasteiger partial charge on any atom is -0.379 e. The van der Waals surface area contributed by atoms with Gasteiger partial charge in [0.05, 0.1) is 31.5 Å². The lowest BCUT2D eigenvalue weighted by Gasteiger charge is -2.37. The molecule has 0 atom stereocenters. The Hall–Kier alpha value is -4.72. The number of benzene rings is 2. The quantitative estimate of drug-likeness (QED) is 0.253. The molecule has 0 bridgehead atoms. The number of urea groups is 1. The van der Waals surface area contributed by atoms with E-state index >= 15 is 0 Å². The van der Waals surface area contributed by atoms with Crippen LogP contribution in [0.3, 0.4) is 0 Å². The fourth-order valence-corrected chi connectivity index (χ4v) is 6.10. The highest BCUT2D eigenvalue weighted by molar-refractivity contribution is 5.93. The number of morpholine rings is 1. The second kappa shape index (κ2) is 14.8. The Kier molecular flexibility index (Phi) is 10.00. The molecule has 3 heterocycles. The number of rotatable bonds is 10. The zero-order valence-corrected chi connectivity index (χ0v) is 25.5. The summed E-state index contributed by atoms with van der Waals surface area (Å²) in [7, 11) is 0. The van der Waals surface area contributed by atoms with E-state index in [1.807, 2.05) is 64.3 Å². The summed E-state index contributed by atoms with van der Waals surface area (Å²) in [6, 6.07) is 24.2. The van der Waals surface area contributed by atoms with E-state index in [4.69, 9.17) is 10.00 Å². The van der Waals surface area contributed by atoms with Crippen LogP contribution in [0.2, 0.25) is 0 Å². The molecule has 2 fully saturated rings. The van der Waals surface area contributed by atoms with E-state index in [1.165, 1.54) is 0 Å². The van der Waals surface area contributed by atoms with Gasteiger partial charge < -0.3 is 15.4 Å². The molecule has 0 unspecified atom stereocenters. The van der Waals surface area contributed by atoms with Gasteiger partial charge in [-0.3, -0.25) is 14.5 Å². The number of aromatic nitrogens is 3. The maximum Gasteiger partial charge on any atom is 0.322 e. The average Bonchev–Trinajstić information content (AvgIpc) is 3.58. The van der Waals surface area contributed by atoms with Crippen LogP contribution in [0.25, 0.3) is 11.1 Å². The van der Waals surface area contributed by atoms with Crippen molar-refractivity contribution in [3.05, 3.63) is 96.4 Å². The molecular formula is C35H40N8O2. The summed E-state index contributed by atoms with van der Waals surface area (Å²) in [5, 5.41) is 20.3. The lowest BCUT2D eigenvalue weighted by atomic mass is 9.89. The summed E-state index contributed by atoms with van der Waals surface area (Å²) >= 11 is 0. The molecule has 10 heteroatoms. The lowest BCUT2D eigenvalue weighted by Crippen LogP contribution is -2.48. The summed E-state index contributed by atoms with van der Waals surface area (Å²) in [6.07, 6.45) is 9.15. The average molecular weight is 605 g/mol. The van der Waals surface area contributed by atoms with Gasteiger partial charge in [-0.1, -0.05) is 42.5 Å². The highest BCUT2D eigenvalue weighted by Gasteiger charge is 2.30. The summed E-state index contributed by atoms with van der Waals surface area (Å²) in [5.74, 6) is 0.773. The molecule has 6 rings (SSSR count). The molecule has 1 saturated carbocycles.